The number of nitrogens with zero attached hydrogens (tertiary/aromatic N) is 2. The molecule has 0 saturated carbocycles. The second-order valence-electron chi connectivity index (χ2n) is 9.36. The number of nitro groups is 1. The molecule has 0 bridgehead atoms. The fourth-order valence-corrected chi connectivity index (χ4v) is 3.98. The van der Waals surface area contributed by atoms with Crippen LogP contribution < -0.4 is 10.1 Å². The Balaban J connectivity index is 2.33. The van der Waals surface area contributed by atoms with Crippen LogP contribution in [0.15, 0.2) is 42.5 Å². The number of nitro benzene ring substituents is 1. The summed E-state index contributed by atoms with van der Waals surface area (Å²) < 4.78 is 15.1. The molecule has 0 saturated heterocycles. The predicted octanol–water partition coefficient (Wildman–Crippen LogP) is 3.34. The van der Waals surface area contributed by atoms with Crippen molar-refractivity contribution >= 4 is 23.7 Å². The molecule has 2 atom stereocenters. The first-order chi connectivity index (χ1) is 19.0. The van der Waals surface area contributed by atoms with Crippen molar-refractivity contribution in [2.75, 3.05) is 33.4 Å². The average molecular weight is 560 g/mol. The number of hydrogen-bond donors (Lipinski definition) is 2. The van der Waals surface area contributed by atoms with Gasteiger partial charge in [-0.05, 0) is 49.1 Å². The van der Waals surface area contributed by atoms with Crippen molar-refractivity contribution in [1.29, 1.82) is 0 Å². The van der Waals surface area contributed by atoms with Crippen LogP contribution in [0.2, 0.25) is 0 Å². The van der Waals surface area contributed by atoms with E-state index in [1.54, 1.807) is 50.2 Å². The van der Waals surface area contributed by atoms with Crippen LogP contribution in [0.3, 0.4) is 0 Å². The topological polar surface area (TPSA) is 158 Å². The second-order valence-corrected chi connectivity index (χ2v) is 9.36. The monoisotopic (exact) mass is 559 g/mol. The molecule has 218 valence electrons. The highest BCUT2D eigenvalue weighted by Gasteiger charge is 2.29. The number of ether oxygens (including phenoxy) is 3. The normalized spacial score (nSPS) is 12.3. The minimum Gasteiger partial charge on any atom is -0.497 e. The second kappa shape index (κ2) is 15.4. The SMILES string of the molecule is CCOC(=O)C(O)CN(CC(C)C)C(=O)N[C@@H](Cc1ccc(-c2ccc(OC)cc2)c([N+](=O)[O-])c1)C(=O)OCC. The zero-order chi connectivity index (χ0) is 29.8. The number of rotatable bonds is 14. The molecule has 1 unspecified atom stereocenters. The van der Waals surface area contributed by atoms with Gasteiger partial charge in [0, 0.05) is 19.0 Å². The number of methoxy groups -OCH3 is 1. The molecule has 12 heteroatoms. The summed E-state index contributed by atoms with van der Waals surface area (Å²) in [7, 11) is 1.52. The van der Waals surface area contributed by atoms with E-state index in [-0.39, 0.29) is 44.3 Å². The van der Waals surface area contributed by atoms with Gasteiger partial charge < -0.3 is 29.5 Å². The fourth-order valence-electron chi connectivity index (χ4n) is 3.98. The lowest BCUT2D eigenvalue weighted by Crippen LogP contribution is -2.52. The lowest BCUT2D eigenvalue weighted by atomic mass is 9.98. The molecule has 0 radical (unpaired) electrons. The third-order valence-electron chi connectivity index (χ3n) is 5.79. The number of amides is 2. The molecular weight excluding hydrogens is 522 g/mol. The minimum absolute atomic E-state index is 0.0191. The van der Waals surface area contributed by atoms with Gasteiger partial charge in [-0.3, -0.25) is 10.1 Å². The summed E-state index contributed by atoms with van der Waals surface area (Å²) in [6.07, 6.45) is -1.66. The molecule has 0 heterocycles. The number of hydrogen-bond acceptors (Lipinski definition) is 9. The number of nitrogens with one attached hydrogen (secondary N) is 1. The Bertz CT molecular complexity index is 1170. The van der Waals surface area contributed by atoms with Crippen LogP contribution in [0.25, 0.3) is 11.1 Å². The summed E-state index contributed by atoms with van der Waals surface area (Å²) in [6.45, 7) is 6.87. The van der Waals surface area contributed by atoms with Gasteiger partial charge in [0.05, 0.1) is 37.4 Å². The molecule has 0 aliphatic rings. The minimum atomic E-state index is -1.57. The standard InChI is InChI=1S/C28H37N3O9/c1-6-39-26(33)23(29-28(35)30(16-18(3)4)17-25(32)27(34)40-7-2)14-19-8-13-22(24(15-19)31(36)37)20-9-11-21(38-5)12-10-20/h8-13,15,18,23,25,32H,6-7,14,16-17H2,1-5H3,(H,29,35)/t23-,25?/m0/s1. The molecule has 40 heavy (non-hydrogen) atoms. The number of carbonyl (C=O) groups excluding carboxylic acids is 3. The number of carbonyl (C=O) groups is 3. The zero-order valence-electron chi connectivity index (χ0n) is 23.4. The van der Waals surface area contributed by atoms with E-state index >= 15 is 0 Å². The summed E-state index contributed by atoms with van der Waals surface area (Å²) in [5, 5.41) is 24.7. The number of esters is 2. The molecule has 2 amide bonds. The van der Waals surface area contributed by atoms with Crippen LogP contribution in [0.1, 0.15) is 33.3 Å². The first-order valence-electron chi connectivity index (χ1n) is 13.0. The number of aliphatic hydroxyl groups excluding tert-OH is 1. The van der Waals surface area contributed by atoms with E-state index in [1.807, 2.05) is 13.8 Å². The van der Waals surface area contributed by atoms with Crippen LogP contribution >= 0.6 is 0 Å². The van der Waals surface area contributed by atoms with Crippen LogP contribution in [0.4, 0.5) is 10.5 Å². The molecule has 2 aromatic rings. The Morgan fingerprint density at radius 2 is 1.62 bits per heavy atom. The molecule has 12 nitrogen and oxygen atoms in total. The van der Waals surface area contributed by atoms with E-state index < -0.39 is 35.0 Å². The highest BCUT2D eigenvalue weighted by molar-refractivity contribution is 5.84. The van der Waals surface area contributed by atoms with Gasteiger partial charge in [-0.25, -0.2) is 14.4 Å². The van der Waals surface area contributed by atoms with Gasteiger partial charge in [-0.15, -0.1) is 0 Å². The van der Waals surface area contributed by atoms with Gasteiger partial charge in [0.1, 0.15) is 11.8 Å². The Labute approximate surface area is 233 Å². The molecule has 0 fully saturated rings. The lowest BCUT2D eigenvalue weighted by molar-refractivity contribution is -0.384. The maximum atomic E-state index is 13.2. The van der Waals surface area contributed by atoms with Crippen molar-refractivity contribution in [1.82, 2.24) is 10.2 Å². The molecule has 0 spiro atoms. The summed E-state index contributed by atoms with van der Waals surface area (Å²) in [5.74, 6) is -1.00. The van der Waals surface area contributed by atoms with Crippen LogP contribution in [0.5, 0.6) is 5.75 Å². The van der Waals surface area contributed by atoms with Crippen molar-refractivity contribution in [3.05, 3.63) is 58.1 Å². The third-order valence-corrected chi connectivity index (χ3v) is 5.79. The summed E-state index contributed by atoms with van der Waals surface area (Å²) in [4.78, 5) is 50.5. The van der Waals surface area contributed by atoms with Crippen LogP contribution in [-0.2, 0) is 25.5 Å². The van der Waals surface area contributed by atoms with Crippen molar-refractivity contribution in [3.63, 3.8) is 0 Å². The highest BCUT2D eigenvalue weighted by Crippen LogP contribution is 2.32. The molecule has 0 aliphatic carbocycles. The molecule has 2 N–H and O–H groups in total. The van der Waals surface area contributed by atoms with E-state index in [0.29, 0.717) is 22.4 Å². The first kappa shape index (κ1) is 32.0. The zero-order valence-corrected chi connectivity index (χ0v) is 23.4. The lowest BCUT2D eigenvalue weighted by Gasteiger charge is -2.28. The molecule has 0 aliphatic heterocycles. The fraction of sp³-hybridized carbons (Fsp3) is 0.464. The van der Waals surface area contributed by atoms with E-state index in [1.165, 1.54) is 18.1 Å². The number of aliphatic hydroxyl groups is 1. The Morgan fingerprint density at radius 1 is 1.00 bits per heavy atom. The van der Waals surface area contributed by atoms with Crippen molar-refractivity contribution in [3.8, 4) is 16.9 Å². The van der Waals surface area contributed by atoms with E-state index in [4.69, 9.17) is 14.2 Å². The van der Waals surface area contributed by atoms with E-state index in [9.17, 15) is 29.6 Å². The molecule has 0 aromatic heterocycles. The summed E-state index contributed by atoms with van der Waals surface area (Å²) >= 11 is 0. The van der Waals surface area contributed by atoms with Gasteiger partial charge in [0.25, 0.3) is 5.69 Å². The number of benzene rings is 2. The molecular formula is C28H37N3O9. The maximum absolute atomic E-state index is 13.2. The van der Waals surface area contributed by atoms with Crippen LogP contribution in [0, 0.1) is 16.0 Å². The van der Waals surface area contributed by atoms with Crippen molar-refractivity contribution in [2.24, 2.45) is 5.92 Å². The smallest absolute Gasteiger partial charge is 0.336 e. The third kappa shape index (κ3) is 9.23. The van der Waals surface area contributed by atoms with Crippen molar-refractivity contribution in [2.45, 2.75) is 46.3 Å². The first-order valence-corrected chi connectivity index (χ1v) is 13.0. The quantitative estimate of drug-likeness (QED) is 0.201. The molecule has 2 rings (SSSR count). The number of urea groups is 1. The predicted molar refractivity (Wildman–Crippen MR) is 147 cm³/mol. The van der Waals surface area contributed by atoms with Gasteiger partial charge in [-0.2, -0.15) is 0 Å². The van der Waals surface area contributed by atoms with Gasteiger partial charge in [-0.1, -0.05) is 32.0 Å². The van der Waals surface area contributed by atoms with E-state index in [0.717, 1.165) is 0 Å². The Morgan fingerprint density at radius 3 is 2.17 bits per heavy atom. The van der Waals surface area contributed by atoms with Crippen LogP contribution in [-0.4, -0.2) is 78.5 Å². The Kier molecular flexibility index (Phi) is 12.3. The average Bonchev–Trinajstić information content (AvgIpc) is 2.92. The highest BCUT2D eigenvalue weighted by atomic mass is 16.6. The molecule has 2 aromatic carbocycles. The maximum Gasteiger partial charge on any atom is 0.336 e. The largest absolute Gasteiger partial charge is 0.497 e. The van der Waals surface area contributed by atoms with Gasteiger partial charge in [0.2, 0.25) is 0 Å². The Hall–Kier alpha value is -4.19. The van der Waals surface area contributed by atoms with Gasteiger partial charge >= 0.3 is 18.0 Å². The summed E-state index contributed by atoms with van der Waals surface area (Å²) in [6, 6.07) is 9.48. The van der Waals surface area contributed by atoms with Gasteiger partial charge in [0.15, 0.2) is 6.10 Å². The van der Waals surface area contributed by atoms with E-state index in [2.05, 4.69) is 5.32 Å². The summed E-state index contributed by atoms with van der Waals surface area (Å²) in [5.41, 5.74) is 1.24. The van der Waals surface area contributed by atoms with Crippen molar-refractivity contribution < 1.29 is 38.6 Å².